The fourth-order valence-corrected chi connectivity index (χ4v) is 4.10. The molecule has 1 aromatic heterocycles. The van der Waals surface area contributed by atoms with Crippen molar-refractivity contribution in [3.8, 4) is 6.07 Å². The van der Waals surface area contributed by atoms with Gasteiger partial charge in [-0.25, -0.2) is 13.4 Å². The van der Waals surface area contributed by atoms with Crippen LogP contribution in [0, 0.1) is 11.3 Å². The molecule has 0 N–H and O–H groups in total. The van der Waals surface area contributed by atoms with Crippen LogP contribution >= 0.6 is 11.6 Å². The molecule has 0 unspecified atom stereocenters. The number of hydrogen-bond acceptors (Lipinski definition) is 5. The molecular weight excluding hydrogens is 348 g/mol. The molecule has 0 amide bonds. The zero-order valence-electron chi connectivity index (χ0n) is 12.8. The van der Waals surface area contributed by atoms with Crippen molar-refractivity contribution in [2.75, 3.05) is 31.1 Å². The molecule has 0 radical (unpaired) electrons. The second kappa shape index (κ2) is 6.77. The van der Waals surface area contributed by atoms with Crippen molar-refractivity contribution in [1.82, 2.24) is 9.29 Å². The fourth-order valence-electron chi connectivity index (χ4n) is 2.55. The van der Waals surface area contributed by atoms with Crippen molar-refractivity contribution >= 4 is 27.4 Å². The lowest BCUT2D eigenvalue weighted by molar-refractivity contribution is 0.384. The van der Waals surface area contributed by atoms with E-state index in [0.717, 1.165) is 5.82 Å². The number of nitriles is 1. The van der Waals surface area contributed by atoms with Crippen LogP contribution in [0.25, 0.3) is 0 Å². The molecule has 8 heteroatoms. The Morgan fingerprint density at radius 1 is 1.04 bits per heavy atom. The molecule has 1 fully saturated rings. The Hall–Kier alpha value is -2.14. The van der Waals surface area contributed by atoms with Crippen LogP contribution in [0.1, 0.15) is 5.56 Å². The molecule has 6 nitrogen and oxygen atoms in total. The van der Waals surface area contributed by atoms with Crippen molar-refractivity contribution in [2.24, 2.45) is 0 Å². The molecule has 3 rings (SSSR count). The summed E-state index contributed by atoms with van der Waals surface area (Å²) >= 11 is 5.81. The third-order valence-electron chi connectivity index (χ3n) is 3.89. The SMILES string of the molecule is N#Cc1ccc(N2CCN(S(=O)(=O)c3ccc(Cl)cc3)CC2)nc1. The van der Waals surface area contributed by atoms with E-state index in [1.807, 2.05) is 11.0 Å². The number of piperazine rings is 1. The fraction of sp³-hybridized carbons (Fsp3) is 0.250. The van der Waals surface area contributed by atoms with Crippen LogP contribution in [0.15, 0.2) is 47.5 Å². The first kappa shape index (κ1) is 16.7. The highest BCUT2D eigenvalue weighted by atomic mass is 35.5. The van der Waals surface area contributed by atoms with Gasteiger partial charge in [-0.05, 0) is 36.4 Å². The molecule has 1 saturated heterocycles. The predicted octanol–water partition coefficient (Wildman–Crippen LogP) is 2.12. The van der Waals surface area contributed by atoms with Gasteiger partial charge >= 0.3 is 0 Å². The molecule has 2 heterocycles. The number of pyridine rings is 1. The predicted molar refractivity (Wildman–Crippen MR) is 91.4 cm³/mol. The third-order valence-corrected chi connectivity index (χ3v) is 6.06. The summed E-state index contributed by atoms with van der Waals surface area (Å²) in [7, 11) is -3.51. The highest BCUT2D eigenvalue weighted by Gasteiger charge is 2.28. The largest absolute Gasteiger partial charge is 0.354 e. The maximum atomic E-state index is 12.6. The summed E-state index contributed by atoms with van der Waals surface area (Å²) in [5.74, 6) is 0.748. The summed E-state index contributed by atoms with van der Waals surface area (Å²) in [6, 6.07) is 11.7. The molecule has 0 spiro atoms. The molecule has 124 valence electrons. The van der Waals surface area contributed by atoms with Crippen molar-refractivity contribution in [2.45, 2.75) is 4.90 Å². The van der Waals surface area contributed by atoms with E-state index < -0.39 is 10.0 Å². The van der Waals surface area contributed by atoms with Crippen LogP contribution in [0.5, 0.6) is 0 Å². The van der Waals surface area contributed by atoms with Crippen LogP contribution in [-0.4, -0.2) is 43.9 Å². The zero-order valence-corrected chi connectivity index (χ0v) is 14.3. The third kappa shape index (κ3) is 3.36. The first-order valence-corrected chi connectivity index (χ1v) is 9.19. The van der Waals surface area contributed by atoms with Gasteiger partial charge in [0.25, 0.3) is 0 Å². The highest BCUT2D eigenvalue weighted by Crippen LogP contribution is 2.21. The summed E-state index contributed by atoms with van der Waals surface area (Å²) in [5.41, 5.74) is 0.503. The lowest BCUT2D eigenvalue weighted by Gasteiger charge is -2.34. The van der Waals surface area contributed by atoms with Crippen LogP contribution in [-0.2, 0) is 10.0 Å². The van der Waals surface area contributed by atoms with Crippen LogP contribution < -0.4 is 4.90 Å². The second-order valence-corrected chi connectivity index (χ2v) is 7.74. The van der Waals surface area contributed by atoms with Gasteiger partial charge in [0.15, 0.2) is 0 Å². The van der Waals surface area contributed by atoms with Crippen LogP contribution in [0.3, 0.4) is 0 Å². The van der Waals surface area contributed by atoms with Crippen LogP contribution in [0.4, 0.5) is 5.82 Å². The van der Waals surface area contributed by atoms with E-state index >= 15 is 0 Å². The lowest BCUT2D eigenvalue weighted by atomic mass is 10.3. The Labute approximate surface area is 146 Å². The van der Waals surface area contributed by atoms with Gasteiger partial charge in [-0.15, -0.1) is 0 Å². The van der Waals surface area contributed by atoms with E-state index in [2.05, 4.69) is 4.98 Å². The van der Waals surface area contributed by atoms with Gasteiger partial charge in [-0.3, -0.25) is 0 Å². The Bertz CT molecular complexity index is 852. The average Bonchev–Trinajstić information content (AvgIpc) is 2.62. The normalized spacial score (nSPS) is 15.9. The van der Waals surface area contributed by atoms with E-state index in [9.17, 15) is 8.42 Å². The summed E-state index contributed by atoms with van der Waals surface area (Å²) in [6.07, 6.45) is 1.52. The quantitative estimate of drug-likeness (QED) is 0.835. The number of sulfonamides is 1. The van der Waals surface area contributed by atoms with Gasteiger partial charge in [-0.2, -0.15) is 9.57 Å². The van der Waals surface area contributed by atoms with Crippen molar-refractivity contribution in [3.63, 3.8) is 0 Å². The molecular formula is C16H15ClN4O2S. The molecule has 0 bridgehead atoms. The Morgan fingerprint density at radius 2 is 1.71 bits per heavy atom. The lowest BCUT2D eigenvalue weighted by Crippen LogP contribution is -2.48. The standard InChI is InChI=1S/C16H15ClN4O2S/c17-14-2-4-15(5-3-14)24(22,23)21-9-7-20(8-10-21)16-6-1-13(11-18)12-19-16/h1-6,12H,7-10H2. The maximum absolute atomic E-state index is 12.6. The monoisotopic (exact) mass is 362 g/mol. The number of benzene rings is 1. The molecule has 1 aliphatic rings. The minimum absolute atomic E-state index is 0.247. The summed E-state index contributed by atoms with van der Waals surface area (Å²) in [6.45, 7) is 1.86. The zero-order chi connectivity index (χ0) is 17.2. The molecule has 0 saturated carbocycles. The van der Waals surface area contributed by atoms with E-state index in [4.69, 9.17) is 16.9 Å². The van der Waals surface area contributed by atoms with E-state index in [0.29, 0.717) is 36.8 Å². The van der Waals surface area contributed by atoms with Crippen LogP contribution in [0.2, 0.25) is 5.02 Å². The van der Waals surface area contributed by atoms with E-state index in [-0.39, 0.29) is 4.90 Å². The summed E-state index contributed by atoms with van der Waals surface area (Å²) < 4.78 is 26.7. The Kier molecular flexibility index (Phi) is 4.71. The molecule has 1 aromatic carbocycles. The first-order chi connectivity index (χ1) is 11.5. The smallest absolute Gasteiger partial charge is 0.243 e. The average molecular weight is 363 g/mol. The number of aromatic nitrogens is 1. The van der Waals surface area contributed by atoms with Crippen molar-refractivity contribution in [3.05, 3.63) is 53.2 Å². The molecule has 0 aliphatic carbocycles. The van der Waals surface area contributed by atoms with Gasteiger partial charge in [0, 0.05) is 37.4 Å². The topological polar surface area (TPSA) is 77.3 Å². The maximum Gasteiger partial charge on any atom is 0.243 e. The molecule has 0 atom stereocenters. The van der Waals surface area contributed by atoms with Gasteiger partial charge in [0.1, 0.15) is 11.9 Å². The van der Waals surface area contributed by atoms with Gasteiger partial charge in [0.2, 0.25) is 10.0 Å². The first-order valence-electron chi connectivity index (χ1n) is 7.37. The number of hydrogen-bond donors (Lipinski definition) is 0. The molecule has 1 aliphatic heterocycles. The molecule has 2 aromatic rings. The van der Waals surface area contributed by atoms with Gasteiger partial charge in [-0.1, -0.05) is 11.6 Å². The second-order valence-electron chi connectivity index (χ2n) is 5.36. The minimum atomic E-state index is -3.51. The number of halogens is 1. The van der Waals surface area contributed by atoms with Gasteiger partial charge in [0.05, 0.1) is 10.5 Å². The van der Waals surface area contributed by atoms with Crippen molar-refractivity contribution < 1.29 is 8.42 Å². The van der Waals surface area contributed by atoms with Crippen molar-refractivity contribution in [1.29, 1.82) is 5.26 Å². The summed E-state index contributed by atoms with van der Waals surface area (Å²) in [4.78, 5) is 6.51. The summed E-state index contributed by atoms with van der Waals surface area (Å²) in [5, 5.41) is 9.31. The molecule has 24 heavy (non-hydrogen) atoms. The van der Waals surface area contributed by atoms with E-state index in [1.54, 1.807) is 24.3 Å². The highest BCUT2D eigenvalue weighted by molar-refractivity contribution is 7.89. The number of rotatable bonds is 3. The van der Waals surface area contributed by atoms with Gasteiger partial charge < -0.3 is 4.90 Å². The Morgan fingerprint density at radius 3 is 2.25 bits per heavy atom. The number of nitrogens with zero attached hydrogens (tertiary/aromatic N) is 4. The van der Waals surface area contributed by atoms with E-state index in [1.165, 1.54) is 22.6 Å². The number of anilines is 1. The Balaban J connectivity index is 1.70. The minimum Gasteiger partial charge on any atom is -0.354 e.